The average molecular weight is 394 g/mol. The van der Waals surface area contributed by atoms with E-state index in [1.807, 2.05) is 20.8 Å². The van der Waals surface area contributed by atoms with Gasteiger partial charge in [0.05, 0.1) is 6.33 Å². The van der Waals surface area contributed by atoms with Crippen LogP contribution in [0.5, 0.6) is 0 Å². The lowest BCUT2D eigenvalue weighted by molar-refractivity contribution is -0.133. The summed E-state index contributed by atoms with van der Waals surface area (Å²) < 4.78 is 0. The first-order valence-corrected chi connectivity index (χ1v) is 9.06. The van der Waals surface area contributed by atoms with E-state index < -0.39 is 35.5 Å². The van der Waals surface area contributed by atoms with Crippen molar-refractivity contribution in [2.24, 2.45) is 0 Å². The van der Waals surface area contributed by atoms with Gasteiger partial charge in [0.2, 0.25) is 23.6 Å². The second-order valence-corrected chi connectivity index (χ2v) is 7.73. The molecule has 10 heteroatoms. The summed E-state index contributed by atoms with van der Waals surface area (Å²) in [5.41, 5.74) is 0.201. The quantitative estimate of drug-likeness (QED) is 0.399. The van der Waals surface area contributed by atoms with Crippen LogP contribution in [0.15, 0.2) is 12.5 Å². The molecule has 1 heterocycles. The number of nitrogens with one attached hydrogen (secondary N) is 5. The molecular formula is C18H30N6O4. The van der Waals surface area contributed by atoms with Crippen LogP contribution in [0.2, 0.25) is 0 Å². The Bertz CT molecular complexity index is 695. The molecule has 4 amide bonds. The van der Waals surface area contributed by atoms with Crippen LogP contribution in [-0.4, -0.2) is 57.3 Å². The van der Waals surface area contributed by atoms with Gasteiger partial charge in [-0.2, -0.15) is 0 Å². The maximum atomic E-state index is 12.7. The first kappa shape index (κ1) is 23.1. The molecule has 0 radical (unpaired) electrons. The second-order valence-electron chi connectivity index (χ2n) is 7.73. The smallest absolute Gasteiger partial charge is 0.243 e. The monoisotopic (exact) mass is 394 g/mol. The lowest BCUT2D eigenvalue weighted by atomic mass is 10.1. The lowest BCUT2D eigenvalue weighted by Gasteiger charge is -2.25. The van der Waals surface area contributed by atoms with Crippen molar-refractivity contribution in [2.45, 2.75) is 71.6 Å². The van der Waals surface area contributed by atoms with E-state index in [-0.39, 0.29) is 18.2 Å². The Morgan fingerprint density at radius 2 is 1.61 bits per heavy atom. The van der Waals surface area contributed by atoms with Crippen molar-refractivity contribution < 1.29 is 19.2 Å². The molecule has 0 saturated heterocycles. The van der Waals surface area contributed by atoms with Gasteiger partial charge in [-0.25, -0.2) is 4.98 Å². The zero-order chi connectivity index (χ0) is 21.5. The molecule has 1 aromatic heterocycles. The minimum Gasteiger partial charge on any atom is -0.350 e. The van der Waals surface area contributed by atoms with Gasteiger partial charge in [0.15, 0.2) is 0 Å². The standard InChI is InChI=1S/C18H30N6O4/c1-10(21-12(3)25)15(26)23-14(7-13-8-19-9-20-13)17(28)22-11(2)16(27)24-18(4,5)6/h8-11,14H,7H2,1-6H3,(H,19,20)(H,21,25)(H,22,28)(H,23,26)(H,24,27). The molecule has 1 aromatic rings. The fraction of sp³-hybridized carbons (Fsp3) is 0.611. The number of nitrogens with zero attached hydrogens (tertiary/aromatic N) is 1. The molecule has 0 aliphatic rings. The van der Waals surface area contributed by atoms with Gasteiger partial charge in [-0.1, -0.05) is 0 Å². The van der Waals surface area contributed by atoms with Gasteiger partial charge in [0.1, 0.15) is 18.1 Å². The van der Waals surface area contributed by atoms with E-state index in [1.54, 1.807) is 13.1 Å². The van der Waals surface area contributed by atoms with Gasteiger partial charge in [-0.3, -0.25) is 19.2 Å². The minimum absolute atomic E-state index is 0.151. The van der Waals surface area contributed by atoms with Gasteiger partial charge in [0.25, 0.3) is 0 Å². The van der Waals surface area contributed by atoms with Crippen LogP contribution in [0.3, 0.4) is 0 Å². The van der Waals surface area contributed by atoms with Crippen molar-refractivity contribution in [3.8, 4) is 0 Å². The molecule has 3 unspecified atom stereocenters. The van der Waals surface area contributed by atoms with Crippen LogP contribution in [-0.2, 0) is 25.6 Å². The number of aromatic nitrogens is 2. The summed E-state index contributed by atoms with van der Waals surface area (Å²) in [6.45, 7) is 9.89. The fourth-order valence-electron chi connectivity index (χ4n) is 2.35. The molecule has 10 nitrogen and oxygen atoms in total. The van der Waals surface area contributed by atoms with Crippen LogP contribution in [0.25, 0.3) is 0 Å². The molecule has 156 valence electrons. The summed E-state index contributed by atoms with van der Waals surface area (Å²) in [4.78, 5) is 55.1. The van der Waals surface area contributed by atoms with Crippen LogP contribution in [0, 0.1) is 0 Å². The number of aromatic amines is 1. The highest BCUT2D eigenvalue weighted by Crippen LogP contribution is 2.02. The van der Waals surface area contributed by atoms with Crippen molar-refractivity contribution in [3.05, 3.63) is 18.2 Å². The Labute approximate surface area is 164 Å². The molecule has 0 spiro atoms. The number of hydrogen-bond donors (Lipinski definition) is 5. The Balaban J connectivity index is 2.83. The molecule has 5 N–H and O–H groups in total. The maximum Gasteiger partial charge on any atom is 0.243 e. The third kappa shape index (κ3) is 8.19. The number of carbonyl (C=O) groups is 4. The largest absolute Gasteiger partial charge is 0.350 e. The summed E-state index contributed by atoms with van der Waals surface area (Å²) in [6.07, 6.45) is 3.16. The Kier molecular flexibility index (Phi) is 8.15. The Hall–Kier alpha value is -2.91. The highest BCUT2D eigenvalue weighted by molar-refractivity contribution is 5.94. The molecule has 0 aliphatic heterocycles. The SMILES string of the molecule is CC(=O)NC(C)C(=O)NC(Cc1cnc[nH]1)C(=O)NC(C)C(=O)NC(C)(C)C. The van der Waals surface area contributed by atoms with Gasteiger partial charge in [-0.05, 0) is 34.6 Å². The molecule has 0 bridgehead atoms. The predicted octanol–water partition coefficient (Wildman–Crippen LogP) is -0.619. The first-order valence-electron chi connectivity index (χ1n) is 9.06. The fourth-order valence-corrected chi connectivity index (χ4v) is 2.35. The van der Waals surface area contributed by atoms with E-state index in [9.17, 15) is 19.2 Å². The number of hydrogen-bond acceptors (Lipinski definition) is 5. The molecular weight excluding hydrogens is 364 g/mol. The number of imidazole rings is 1. The second kappa shape index (κ2) is 9.86. The van der Waals surface area contributed by atoms with E-state index in [2.05, 4.69) is 31.2 Å². The van der Waals surface area contributed by atoms with E-state index in [0.717, 1.165) is 0 Å². The van der Waals surface area contributed by atoms with Crippen LogP contribution in [0.4, 0.5) is 0 Å². The molecule has 1 rings (SSSR count). The van der Waals surface area contributed by atoms with Crippen LogP contribution >= 0.6 is 0 Å². The lowest BCUT2D eigenvalue weighted by Crippen LogP contribution is -2.57. The molecule has 28 heavy (non-hydrogen) atoms. The van der Waals surface area contributed by atoms with E-state index in [0.29, 0.717) is 5.69 Å². The number of carbonyl (C=O) groups excluding carboxylic acids is 4. The summed E-state index contributed by atoms with van der Waals surface area (Å²) in [5.74, 6) is -1.72. The summed E-state index contributed by atoms with van der Waals surface area (Å²) in [7, 11) is 0. The number of H-pyrrole nitrogens is 1. The zero-order valence-corrected chi connectivity index (χ0v) is 17.2. The van der Waals surface area contributed by atoms with E-state index in [1.165, 1.54) is 20.2 Å². The number of rotatable bonds is 8. The highest BCUT2D eigenvalue weighted by atomic mass is 16.2. The van der Waals surface area contributed by atoms with Crippen molar-refractivity contribution in [2.75, 3.05) is 0 Å². The third-order valence-corrected chi connectivity index (χ3v) is 3.68. The topological polar surface area (TPSA) is 145 Å². The van der Waals surface area contributed by atoms with Crippen molar-refractivity contribution in [1.29, 1.82) is 0 Å². The van der Waals surface area contributed by atoms with Crippen molar-refractivity contribution in [3.63, 3.8) is 0 Å². The van der Waals surface area contributed by atoms with E-state index >= 15 is 0 Å². The molecule has 3 atom stereocenters. The van der Waals surface area contributed by atoms with E-state index in [4.69, 9.17) is 0 Å². The summed E-state index contributed by atoms with van der Waals surface area (Å²) in [5, 5.41) is 10.5. The van der Waals surface area contributed by atoms with Crippen LogP contribution in [0.1, 0.15) is 47.2 Å². The molecule has 0 saturated carbocycles. The van der Waals surface area contributed by atoms with Gasteiger partial charge >= 0.3 is 0 Å². The summed E-state index contributed by atoms with van der Waals surface area (Å²) in [6, 6.07) is -2.55. The van der Waals surface area contributed by atoms with Crippen molar-refractivity contribution in [1.82, 2.24) is 31.2 Å². The highest BCUT2D eigenvalue weighted by Gasteiger charge is 2.28. The Morgan fingerprint density at radius 1 is 1.00 bits per heavy atom. The van der Waals surface area contributed by atoms with Gasteiger partial charge in [0, 0.05) is 30.8 Å². The Morgan fingerprint density at radius 3 is 2.11 bits per heavy atom. The van der Waals surface area contributed by atoms with Crippen molar-refractivity contribution >= 4 is 23.6 Å². The average Bonchev–Trinajstić information content (AvgIpc) is 3.04. The maximum absolute atomic E-state index is 12.7. The van der Waals surface area contributed by atoms with Gasteiger partial charge < -0.3 is 26.3 Å². The zero-order valence-electron chi connectivity index (χ0n) is 17.2. The normalized spacial score (nSPS) is 14.4. The summed E-state index contributed by atoms with van der Waals surface area (Å²) >= 11 is 0. The number of amides is 4. The van der Waals surface area contributed by atoms with Crippen LogP contribution < -0.4 is 21.3 Å². The predicted molar refractivity (Wildman–Crippen MR) is 103 cm³/mol. The third-order valence-electron chi connectivity index (χ3n) is 3.68. The molecule has 0 fully saturated rings. The molecule has 0 aliphatic carbocycles. The molecule has 0 aromatic carbocycles. The minimum atomic E-state index is -0.950. The first-order chi connectivity index (χ1) is 12.9. The van der Waals surface area contributed by atoms with Gasteiger partial charge in [-0.15, -0.1) is 0 Å².